The van der Waals surface area contributed by atoms with Crippen molar-refractivity contribution >= 4 is 10.0 Å². The molecule has 0 aromatic heterocycles. The standard InChI is InChI=1S/C35H65NO4S/c1-4-6-8-14-20-30-39-32-22-16-10-12-18-28-36(41(37,38)35-26-24-34(3)25-27-35)29-19-13-11-17-23-33-40-31-21-15-9-7-5-2/h24-27H,4-23,28-33H2,1-3H3. The van der Waals surface area contributed by atoms with Gasteiger partial charge in [-0.15, -0.1) is 0 Å². The van der Waals surface area contributed by atoms with Gasteiger partial charge in [0.25, 0.3) is 0 Å². The molecule has 240 valence electrons. The highest BCUT2D eigenvalue weighted by Crippen LogP contribution is 2.19. The zero-order valence-electron chi connectivity index (χ0n) is 27.2. The molecule has 1 aromatic carbocycles. The molecule has 0 spiro atoms. The van der Waals surface area contributed by atoms with Gasteiger partial charge in [-0.3, -0.25) is 0 Å². The largest absolute Gasteiger partial charge is 0.381 e. The number of hydrogen-bond acceptors (Lipinski definition) is 4. The first-order valence-electron chi connectivity index (χ1n) is 17.2. The maximum absolute atomic E-state index is 13.4. The van der Waals surface area contributed by atoms with E-state index in [4.69, 9.17) is 9.47 Å². The van der Waals surface area contributed by atoms with E-state index in [-0.39, 0.29) is 0 Å². The molecule has 0 bridgehead atoms. The summed E-state index contributed by atoms with van der Waals surface area (Å²) in [6.45, 7) is 11.2. The summed E-state index contributed by atoms with van der Waals surface area (Å²) >= 11 is 0. The molecule has 6 heteroatoms. The lowest BCUT2D eigenvalue weighted by Gasteiger charge is -2.22. The molecule has 0 fully saturated rings. The Hall–Kier alpha value is -0.950. The van der Waals surface area contributed by atoms with Crippen LogP contribution >= 0.6 is 0 Å². The van der Waals surface area contributed by atoms with Crippen molar-refractivity contribution < 1.29 is 17.9 Å². The molecule has 1 aromatic rings. The minimum atomic E-state index is -3.46. The number of hydrogen-bond donors (Lipinski definition) is 0. The summed E-state index contributed by atoms with van der Waals surface area (Å²) in [6.07, 6.45) is 23.6. The van der Waals surface area contributed by atoms with E-state index < -0.39 is 10.0 Å². The van der Waals surface area contributed by atoms with E-state index in [9.17, 15) is 8.42 Å². The van der Waals surface area contributed by atoms with Crippen molar-refractivity contribution in [2.45, 2.75) is 154 Å². The van der Waals surface area contributed by atoms with Crippen molar-refractivity contribution in [2.75, 3.05) is 39.5 Å². The van der Waals surface area contributed by atoms with Crippen LogP contribution in [0.2, 0.25) is 0 Å². The highest BCUT2D eigenvalue weighted by atomic mass is 32.2. The number of benzene rings is 1. The fraction of sp³-hybridized carbons (Fsp3) is 0.829. The van der Waals surface area contributed by atoms with Crippen LogP contribution in [-0.2, 0) is 19.5 Å². The first-order chi connectivity index (χ1) is 20.0. The Labute approximate surface area is 255 Å². The normalized spacial score (nSPS) is 12.0. The molecule has 0 atom stereocenters. The van der Waals surface area contributed by atoms with Gasteiger partial charge in [-0.05, 0) is 57.6 Å². The molecule has 41 heavy (non-hydrogen) atoms. The van der Waals surface area contributed by atoms with Crippen LogP contribution in [0.1, 0.15) is 148 Å². The average Bonchev–Trinajstić information content (AvgIpc) is 2.97. The molecule has 0 saturated heterocycles. The van der Waals surface area contributed by atoms with Crippen molar-refractivity contribution in [1.29, 1.82) is 0 Å². The number of ether oxygens (including phenoxy) is 2. The Bertz CT molecular complexity index is 767. The smallest absolute Gasteiger partial charge is 0.243 e. The maximum Gasteiger partial charge on any atom is 0.243 e. The van der Waals surface area contributed by atoms with E-state index in [1.54, 1.807) is 16.4 Å². The first-order valence-corrected chi connectivity index (χ1v) is 18.7. The Kier molecular flexibility index (Phi) is 24.8. The quantitative estimate of drug-likeness (QED) is 0.0831. The summed E-state index contributed by atoms with van der Waals surface area (Å²) in [5.74, 6) is 0. The van der Waals surface area contributed by atoms with Crippen molar-refractivity contribution in [2.24, 2.45) is 0 Å². The van der Waals surface area contributed by atoms with E-state index in [0.29, 0.717) is 18.0 Å². The van der Waals surface area contributed by atoms with Crippen LogP contribution in [0.4, 0.5) is 0 Å². The molecular formula is C35H65NO4S. The van der Waals surface area contributed by atoms with Gasteiger partial charge < -0.3 is 9.47 Å². The van der Waals surface area contributed by atoms with E-state index in [2.05, 4.69) is 13.8 Å². The molecule has 0 aliphatic rings. The van der Waals surface area contributed by atoms with Crippen LogP contribution in [0.3, 0.4) is 0 Å². The zero-order chi connectivity index (χ0) is 29.9. The lowest BCUT2D eigenvalue weighted by Crippen LogP contribution is -2.33. The predicted octanol–water partition coefficient (Wildman–Crippen LogP) is 9.86. The van der Waals surface area contributed by atoms with E-state index in [0.717, 1.165) is 96.2 Å². The van der Waals surface area contributed by atoms with Gasteiger partial charge in [0.1, 0.15) is 0 Å². The van der Waals surface area contributed by atoms with Gasteiger partial charge in [-0.25, -0.2) is 8.42 Å². The zero-order valence-corrected chi connectivity index (χ0v) is 28.0. The van der Waals surface area contributed by atoms with Gasteiger partial charge in [-0.1, -0.05) is 121 Å². The number of rotatable bonds is 30. The summed E-state index contributed by atoms with van der Waals surface area (Å²) in [7, 11) is -3.46. The van der Waals surface area contributed by atoms with Crippen LogP contribution < -0.4 is 0 Å². The summed E-state index contributed by atoms with van der Waals surface area (Å²) < 4.78 is 40.2. The molecule has 0 saturated carbocycles. The van der Waals surface area contributed by atoms with Crippen LogP contribution in [0, 0.1) is 6.92 Å². The lowest BCUT2D eigenvalue weighted by atomic mass is 10.1. The molecule has 5 nitrogen and oxygen atoms in total. The van der Waals surface area contributed by atoms with Crippen molar-refractivity contribution in [1.82, 2.24) is 4.31 Å². The van der Waals surface area contributed by atoms with E-state index in [1.165, 1.54) is 64.2 Å². The lowest BCUT2D eigenvalue weighted by molar-refractivity contribution is 0.125. The molecule has 1 rings (SSSR count). The van der Waals surface area contributed by atoms with Gasteiger partial charge >= 0.3 is 0 Å². The van der Waals surface area contributed by atoms with Crippen LogP contribution in [0.15, 0.2) is 29.2 Å². The van der Waals surface area contributed by atoms with Gasteiger partial charge in [-0.2, -0.15) is 4.31 Å². The SMILES string of the molecule is CCCCCCCOCCCCCCCN(CCCCCCCOCCCCCCC)S(=O)(=O)c1ccc(C)cc1. The third kappa shape index (κ3) is 20.6. The Balaban J connectivity index is 2.26. The molecule has 0 aliphatic heterocycles. The fourth-order valence-corrected chi connectivity index (χ4v) is 6.59. The number of sulfonamides is 1. The number of nitrogens with zero attached hydrogens (tertiary/aromatic N) is 1. The fourth-order valence-electron chi connectivity index (χ4n) is 5.08. The summed E-state index contributed by atoms with van der Waals surface area (Å²) in [6, 6.07) is 7.30. The van der Waals surface area contributed by atoms with Crippen LogP contribution in [0.5, 0.6) is 0 Å². The van der Waals surface area contributed by atoms with Gasteiger partial charge in [0.05, 0.1) is 4.90 Å². The van der Waals surface area contributed by atoms with Gasteiger partial charge in [0, 0.05) is 39.5 Å². The third-order valence-electron chi connectivity index (χ3n) is 7.84. The second-order valence-corrected chi connectivity index (χ2v) is 13.7. The predicted molar refractivity (Wildman–Crippen MR) is 175 cm³/mol. The topological polar surface area (TPSA) is 55.8 Å². The second-order valence-electron chi connectivity index (χ2n) is 11.8. The van der Waals surface area contributed by atoms with Crippen LogP contribution in [-0.4, -0.2) is 52.2 Å². The molecule has 0 radical (unpaired) electrons. The van der Waals surface area contributed by atoms with E-state index in [1.807, 2.05) is 19.1 Å². The van der Waals surface area contributed by atoms with Crippen LogP contribution in [0.25, 0.3) is 0 Å². The van der Waals surface area contributed by atoms with Crippen molar-refractivity contribution in [3.05, 3.63) is 29.8 Å². The van der Waals surface area contributed by atoms with E-state index >= 15 is 0 Å². The Morgan fingerprint density at radius 2 is 0.854 bits per heavy atom. The second kappa shape index (κ2) is 26.7. The Morgan fingerprint density at radius 1 is 0.512 bits per heavy atom. The van der Waals surface area contributed by atoms with Gasteiger partial charge in [0.15, 0.2) is 0 Å². The molecule has 0 amide bonds. The molecule has 0 heterocycles. The minimum Gasteiger partial charge on any atom is -0.381 e. The van der Waals surface area contributed by atoms with Crippen molar-refractivity contribution in [3.8, 4) is 0 Å². The number of unbranched alkanes of at least 4 members (excludes halogenated alkanes) is 16. The Morgan fingerprint density at radius 3 is 1.24 bits per heavy atom. The average molecular weight is 596 g/mol. The summed E-state index contributed by atoms with van der Waals surface area (Å²) in [5.41, 5.74) is 1.08. The number of aryl methyl sites for hydroxylation is 1. The minimum absolute atomic E-state index is 0.418. The van der Waals surface area contributed by atoms with Gasteiger partial charge in [0.2, 0.25) is 10.0 Å². The third-order valence-corrected chi connectivity index (χ3v) is 9.75. The molecule has 0 N–H and O–H groups in total. The molecule has 0 unspecified atom stereocenters. The monoisotopic (exact) mass is 595 g/mol. The molecular weight excluding hydrogens is 530 g/mol. The summed E-state index contributed by atoms with van der Waals surface area (Å²) in [4.78, 5) is 0.418. The van der Waals surface area contributed by atoms with Crippen molar-refractivity contribution in [3.63, 3.8) is 0 Å². The highest BCUT2D eigenvalue weighted by Gasteiger charge is 2.23. The highest BCUT2D eigenvalue weighted by molar-refractivity contribution is 7.89. The maximum atomic E-state index is 13.4. The first kappa shape index (κ1) is 38.1. The molecule has 0 aliphatic carbocycles. The summed E-state index contributed by atoms with van der Waals surface area (Å²) in [5, 5.41) is 0.